The van der Waals surface area contributed by atoms with Gasteiger partial charge in [-0.25, -0.2) is 0 Å². The van der Waals surface area contributed by atoms with Crippen molar-refractivity contribution in [2.75, 3.05) is 13.2 Å². The summed E-state index contributed by atoms with van der Waals surface area (Å²) in [7, 11) is 0. The molecule has 0 fully saturated rings. The number of halogens is 2. The Morgan fingerprint density at radius 3 is 2.81 bits per heavy atom. The Kier molecular flexibility index (Phi) is 4.47. The molecular weight excluding hydrogens is 400 g/mol. The lowest BCUT2D eigenvalue weighted by atomic mass is 10.1. The molecule has 0 spiro atoms. The van der Waals surface area contributed by atoms with Gasteiger partial charge in [0.25, 0.3) is 5.91 Å². The number of hydrogen-bond acceptors (Lipinski definition) is 3. The number of ether oxygens (including phenoxy) is 1. The van der Waals surface area contributed by atoms with Crippen LogP contribution in [0.1, 0.15) is 16.1 Å². The minimum absolute atomic E-state index is 0.0175. The number of hydrogen-bond donors (Lipinski definition) is 1. The molecule has 2 heterocycles. The van der Waals surface area contributed by atoms with Crippen LogP contribution in [-0.2, 0) is 13.0 Å². The van der Waals surface area contributed by atoms with Gasteiger partial charge in [0.15, 0.2) is 6.61 Å². The topological polar surface area (TPSA) is 43.3 Å². The van der Waals surface area contributed by atoms with Crippen LogP contribution in [-0.4, -0.2) is 23.6 Å². The Bertz CT molecular complexity index is 668. The minimum atomic E-state index is -0.0745. The summed E-state index contributed by atoms with van der Waals surface area (Å²) in [4.78, 5) is 12.5. The fraction of sp³-hybridized carbons (Fsp3) is 0.267. The number of nitrogens with zero attached hydrogens (tertiary/aromatic N) is 1. The molecule has 2 aromatic rings. The Labute approximate surface area is 139 Å². The molecule has 0 unspecified atom stereocenters. The van der Waals surface area contributed by atoms with Gasteiger partial charge in [-0.1, -0.05) is 18.2 Å². The number of fused-ring (bicyclic) bond motifs is 1. The molecule has 110 valence electrons. The van der Waals surface area contributed by atoms with Gasteiger partial charge in [-0.05, 0) is 44.0 Å². The Morgan fingerprint density at radius 2 is 2.05 bits per heavy atom. The first-order chi connectivity index (χ1) is 10.2. The normalized spacial score (nSPS) is 13.8. The number of rotatable bonds is 3. The van der Waals surface area contributed by atoms with Gasteiger partial charge in [0.2, 0.25) is 0 Å². The Balaban J connectivity index is 1.82. The second kappa shape index (κ2) is 6.34. The molecule has 0 aliphatic carbocycles. The molecule has 1 aromatic heterocycles. The summed E-state index contributed by atoms with van der Waals surface area (Å²) >= 11 is 7.05. The van der Waals surface area contributed by atoms with E-state index in [1.807, 2.05) is 30.3 Å². The number of carbonyl (C=O) groups is 1. The van der Waals surface area contributed by atoms with E-state index in [4.69, 9.17) is 4.74 Å². The third kappa shape index (κ3) is 2.93. The van der Waals surface area contributed by atoms with Crippen molar-refractivity contribution in [3.8, 4) is 5.75 Å². The Morgan fingerprint density at radius 1 is 1.29 bits per heavy atom. The molecule has 0 amide bonds. The van der Waals surface area contributed by atoms with E-state index in [-0.39, 0.29) is 12.5 Å². The predicted molar refractivity (Wildman–Crippen MR) is 87.8 cm³/mol. The molecule has 21 heavy (non-hydrogen) atoms. The summed E-state index contributed by atoms with van der Waals surface area (Å²) in [5.74, 6) is 0.623. The molecule has 0 saturated heterocycles. The fourth-order valence-electron chi connectivity index (χ4n) is 2.45. The minimum Gasteiger partial charge on any atom is -0.484 e. The van der Waals surface area contributed by atoms with Crippen molar-refractivity contribution < 1.29 is 9.53 Å². The smallest absolute Gasteiger partial charge is 0.269 e. The number of aromatic nitrogens is 1. The SMILES string of the molecule is O=C(COc1ccccc1)n1c(Br)c(Br)c2c1CCNC2. The second-order valence-corrected chi connectivity index (χ2v) is 6.33. The summed E-state index contributed by atoms with van der Waals surface area (Å²) in [5.41, 5.74) is 2.19. The van der Waals surface area contributed by atoms with Crippen LogP contribution in [0.15, 0.2) is 39.4 Å². The van der Waals surface area contributed by atoms with Crippen LogP contribution in [0.2, 0.25) is 0 Å². The van der Waals surface area contributed by atoms with E-state index in [0.717, 1.165) is 39.8 Å². The maximum absolute atomic E-state index is 12.5. The maximum atomic E-state index is 12.5. The number of carbonyl (C=O) groups excluding carboxylic acids is 1. The van der Waals surface area contributed by atoms with E-state index < -0.39 is 0 Å². The second-order valence-electron chi connectivity index (χ2n) is 4.79. The van der Waals surface area contributed by atoms with Crippen LogP contribution in [0, 0.1) is 0 Å². The Hall–Kier alpha value is -1.11. The van der Waals surface area contributed by atoms with E-state index in [1.54, 1.807) is 4.57 Å². The molecule has 1 aliphatic rings. The highest BCUT2D eigenvalue weighted by Gasteiger charge is 2.25. The van der Waals surface area contributed by atoms with Crippen LogP contribution >= 0.6 is 31.9 Å². The van der Waals surface area contributed by atoms with Gasteiger partial charge in [0.05, 0.1) is 4.47 Å². The zero-order valence-electron chi connectivity index (χ0n) is 11.2. The van der Waals surface area contributed by atoms with Crippen molar-refractivity contribution in [3.05, 3.63) is 50.7 Å². The lowest BCUT2D eigenvalue weighted by Gasteiger charge is -2.16. The zero-order valence-corrected chi connectivity index (χ0v) is 14.4. The molecule has 0 radical (unpaired) electrons. The van der Waals surface area contributed by atoms with E-state index in [0.29, 0.717) is 5.75 Å². The highest BCUT2D eigenvalue weighted by molar-refractivity contribution is 9.13. The quantitative estimate of drug-likeness (QED) is 0.838. The van der Waals surface area contributed by atoms with Gasteiger partial charge in [-0.15, -0.1) is 0 Å². The van der Waals surface area contributed by atoms with Crippen LogP contribution in [0.4, 0.5) is 0 Å². The standard InChI is InChI=1S/C15H14Br2N2O2/c16-14-11-8-18-7-6-12(11)19(15(14)17)13(20)9-21-10-4-2-1-3-5-10/h1-5,18H,6-9H2. The first-order valence-electron chi connectivity index (χ1n) is 6.67. The van der Waals surface area contributed by atoms with E-state index in [1.165, 1.54) is 0 Å². The number of nitrogens with one attached hydrogen (secondary N) is 1. The summed E-state index contributed by atoms with van der Waals surface area (Å²) in [6.45, 7) is 1.67. The monoisotopic (exact) mass is 412 g/mol. The predicted octanol–water partition coefficient (Wildman–Crippen LogP) is 3.38. The highest BCUT2D eigenvalue weighted by atomic mass is 79.9. The maximum Gasteiger partial charge on any atom is 0.269 e. The third-order valence-corrected chi connectivity index (χ3v) is 5.59. The van der Waals surface area contributed by atoms with Crippen molar-refractivity contribution in [2.45, 2.75) is 13.0 Å². The molecule has 6 heteroatoms. The van der Waals surface area contributed by atoms with Crippen molar-refractivity contribution in [2.24, 2.45) is 0 Å². The zero-order chi connectivity index (χ0) is 14.8. The number of benzene rings is 1. The summed E-state index contributed by atoms with van der Waals surface area (Å²) in [6.07, 6.45) is 0.830. The molecule has 1 aromatic carbocycles. The van der Waals surface area contributed by atoms with Crippen molar-refractivity contribution in [1.29, 1.82) is 0 Å². The van der Waals surface area contributed by atoms with Crippen LogP contribution in [0.3, 0.4) is 0 Å². The fourth-order valence-corrected chi connectivity index (χ4v) is 3.65. The van der Waals surface area contributed by atoms with Gasteiger partial charge < -0.3 is 10.1 Å². The average Bonchev–Trinajstić information content (AvgIpc) is 2.78. The molecule has 0 saturated carbocycles. The van der Waals surface area contributed by atoms with E-state index in [9.17, 15) is 4.79 Å². The average molecular weight is 414 g/mol. The van der Waals surface area contributed by atoms with Crippen molar-refractivity contribution in [3.63, 3.8) is 0 Å². The van der Waals surface area contributed by atoms with Gasteiger partial charge in [-0.3, -0.25) is 9.36 Å². The summed E-state index contributed by atoms with van der Waals surface area (Å²) < 4.78 is 8.97. The van der Waals surface area contributed by atoms with Gasteiger partial charge in [-0.2, -0.15) is 0 Å². The van der Waals surface area contributed by atoms with Crippen LogP contribution in [0.5, 0.6) is 5.75 Å². The van der Waals surface area contributed by atoms with Gasteiger partial charge in [0.1, 0.15) is 10.4 Å². The van der Waals surface area contributed by atoms with Crippen LogP contribution < -0.4 is 10.1 Å². The van der Waals surface area contributed by atoms with Gasteiger partial charge in [0, 0.05) is 30.8 Å². The molecule has 1 aliphatic heterocycles. The third-order valence-electron chi connectivity index (χ3n) is 3.46. The van der Waals surface area contributed by atoms with Crippen LogP contribution in [0.25, 0.3) is 0 Å². The number of para-hydroxylation sites is 1. The summed E-state index contributed by atoms with van der Waals surface area (Å²) in [6, 6.07) is 9.36. The van der Waals surface area contributed by atoms with Gasteiger partial charge >= 0.3 is 0 Å². The van der Waals surface area contributed by atoms with Crippen molar-refractivity contribution >= 4 is 37.8 Å². The largest absolute Gasteiger partial charge is 0.484 e. The molecule has 4 nitrogen and oxygen atoms in total. The summed E-state index contributed by atoms with van der Waals surface area (Å²) in [5, 5.41) is 3.31. The lowest BCUT2D eigenvalue weighted by Crippen LogP contribution is -2.28. The molecule has 0 atom stereocenters. The first-order valence-corrected chi connectivity index (χ1v) is 8.26. The van der Waals surface area contributed by atoms with Crippen molar-refractivity contribution in [1.82, 2.24) is 9.88 Å². The van der Waals surface area contributed by atoms with E-state index >= 15 is 0 Å². The molecule has 1 N–H and O–H groups in total. The molecule has 0 bridgehead atoms. The molecule has 3 rings (SSSR count). The molecular formula is C15H14Br2N2O2. The first kappa shape index (κ1) is 14.8. The highest BCUT2D eigenvalue weighted by Crippen LogP contribution is 2.34. The van der Waals surface area contributed by atoms with E-state index in [2.05, 4.69) is 37.2 Å². The lowest BCUT2D eigenvalue weighted by molar-refractivity contribution is 0.0831.